The number of nitrogens with one attached hydrogen (secondary N) is 1. The van der Waals surface area contributed by atoms with Crippen molar-refractivity contribution in [1.82, 2.24) is 10.2 Å². The Labute approximate surface area is 194 Å². The SMILES string of the molecule is O=C(NCC(F)(F)F)[C@@H]1c2ccccc2C(=O)N(Cc2ccccc2)[C@H]1c1ccc(CO)cc1. The fraction of sp³-hybridized carbons (Fsp3) is 0.231. The van der Waals surface area contributed by atoms with Crippen LogP contribution in [0.4, 0.5) is 13.2 Å². The Hall–Kier alpha value is -3.65. The highest BCUT2D eigenvalue weighted by Crippen LogP contribution is 2.43. The van der Waals surface area contributed by atoms with Crippen LogP contribution in [0.25, 0.3) is 0 Å². The molecule has 0 unspecified atom stereocenters. The molecule has 0 radical (unpaired) electrons. The van der Waals surface area contributed by atoms with E-state index < -0.39 is 30.6 Å². The molecular weight excluding hydrogens is 445 g/mol. The third-order valence-electron chi connectivity index (χ3n) is 5.88. The second-order valence-electron chi connectivity index (χ2n) is 8.16. The molecule has 0 spiro atoms. The number of carbonyl (C=O) groups is 2. The average Bonchev–Trinajstić information content (AvgIpc) is 2.84. The molecule has 1 heterocycles. The molecule has 0 fully saturated rings. The zero-order valence-electron chi connectivity index (χ0n) is 18.1. The number of nitrogens with zero attached hydrogens (tertiary/aromatic N) is 1. The van der Waals surface area contributed by atoms with Crippen LogP contribution in [0.3, 0.4) is 0 Å². The van der Waals surface area contributed by atoms with Crippen molar-refractivity contribution in [2.24, 2.45) is 0 Å². The number of rotatable bonds is 6. The van der Waals surface area contributed by atoms with Crippen molar-refractivity contribution in [3.63, 3.8) is 0 Å². The third-order valence-corrected chi connectivity index (χ3v) is 5.88. The molecule has 0 saturated heterocycles. The Balaban J connectivity index is 1.83. The van der Waals surface area contributed by atoms with E-state index in [2.05, 4.69) is 0 Å². The minimum Gasteiger partial charge on any atom is -0.392 e. The maximum atomic E-state index is 13.6. The van der Waals surface area contributed by atoms with Crippen molar-refractivity contribution in [3.05, 3.63) is 107 Å². The van der Waals surface area contributed by atoms with Gasteiger partial charge in [-0.05, 0) is 28.3 Å². The van der Waals surface area contributed by atoms with E-state index in [0.29, 0.717) is 16.7 Å². The van der Waals surface area contributed by atoms with Gasteiger partial charge in [-0.25, -0.2) is 0 Å². The van der Waals surface area contributed by atoms with Crippen LogP contribution in [0.15, 0.2) is 78.9 Å². The van der Waals surface area contributed by atoms with Crippen LogP contribution in [0.1, 0.15) is 44.6 Å². The van der Waals surface area contributed by atoms with E-state index in [1.807, 2.05) is 35.6 Å². The van der Waals surface area contributed by atoms with Gasteiger partial charge in [-0.1, -0.05) is 72.8 Å². The first-order valence-electron chi connectivity index (χ1n) is 10.8. The Morgan fingerprint density at radius 1 is 0.912 bits per heavy atom. The van der Waals surface area contributed by atoms with Gasteiger partial charge in [0.05, 0.1) is 18.6 Å². The van der Waals surface area contributed by atoms with E-state index >= 15 is 0 Å². The van der Waals surface area contributed by atoms with Gasteiger partial charge in [-0.15, -0.1) is 0 Å². The number of hydrogen-bond acceptors (Lipinski definition) is 3. The van der Waals surface area contributed by atoms with Gasteiger partial charge in [-0.2, -0.15) is 13.2 Å². The van der Waals surface area contributed by atoms with Crippen LogP contribution in [-0.2, 0) is 17.9 Å². The number of carbonyl (C=O) groups excluding carboxylic acids is 2. The highest BCUT2D eigenvalue weighted by molar-refractivity contribution is 6.01. The zero-order chi connectivity index (χ0) is 24.3. The van der Waals surface area contributed by atoms with Gasteiger partial charge in [0, 0.05) is 12.1 Å². The van der Waals surface area contributed by atoms with Gasteiger partial charge in [0.15, 0.2) is 0 Å². The van der Waals surface area contributed by atoms with Crippen LogP contribution < -0.4 is 5.32 Å². The van der Waals surface area contributed by atoms with Crippen LogP contribution in [0.2, 0.25) is 0 Å². The predicted molar refractivity (Wildman–Crippen MR) is 120 cm³/mol. The highest BCUT2D eigenvalue weighted by atomic mass is 19.4. The summed E-state index contributed by atoms with van der Waals surface area (Å²) in [6.45, 7) is -1.48. The van der Waals surface area contributed by atoms with E-state index in [1.54, 1.807) is 48.5 Å². The summed E-state index contributed by atoms with van der Waals surface area (Å²) in [7, 11) is 0. The number of fused-ring (bicyclic) bond motifs is 1. The molecule has 3 aromatic rings. The standard InChI is InChI=1S/C26H23F3N2O3/c27-26(28,29)16-30-24(33)22-20-8-4-5-9-21(20)25(34)31(14-17-6-2-1-3-7-17)23(22)19-12-10-18(15-32)11-13-19/h1-13,22-23,32H,14-16H2,(H,30,33)/t22-,23+/m1/s1. The van der Waals surface area contributed by atoms with Crippen LogP contribution in [0, 0.1) is 0 Å². The molecule has 1 aliphatic rings. The minimum absolute atomic E-state index is 0.170. The third kappa shape index (κ3) is 4.97. The summed E-state index contributed by atoms with van der Waals surface area (Å²) in [4.78, 5) is 28.3. The molecule has 1 aliphatic heterocycles. The van der Waals surface area contributed by atoms with Crippen LogP contribution in [-0.4, -0.2) is 34.5 Å². The molecule has 5 nitrogen and oxygen atoms in total. The average molecular weight is 468 g/mol. The summed E-state index contributed by atoms with van der Waals surface area (Å²) in [6.07, 6.45) is -4.57. The van der Waals surface area contributed by atoms with E-state index in [-0.39, 0.29) is 24.6 Å². The lowest BCUT2D eigenvalue weighted by molar-refractivity contribution is -0.140. The maximum Gasteiger partial charge on any atom is 0.405 e. The maximum absolute atomic E-state index is 13.6. The molecular formula is C26H23F3N2O3. The number of amides is 2. The molecule has 34 heavy (non-hydrogen) atoms. The van der Waals surface area contributed by atoms with Crippen molar-refractivity contribution < 1.29 is 27.9 Å². The fourth-order valence-electron chi connectivity index (χ4n) is 4.32. The number of aliphatic hydroxyl groups is 1. The van der Waals surface area contributed by atoms with Crippen LogP contribution >= 0.6 is 0 Å². The number of benzene rings is 3. The molecule has 176 valence electrons. The van der Waals surface area contributed by atoms with Gasteiger partial charge < -0.3 is 15.3 Å². The Morgan fingerprint density at radius 3 is 2.21 bits per heavy atom. The largest absolute Gasteiger partial charge is 0.405 e. The van der Waals surface area contributed by atoms with Crippen LogP contribution in [0.5, 0.6) is 0 Å². The summed E-state index contributed by atoms with van der Waals surface area (Å²) in [5.74, 6) is -2.18. The van der Waals surface area contributed by atoms with Gasteiger partial charge in [-0.3, -0.25) is 9.59 Å². The summed E-state index contributed by atoms with van der Waals surface area (Å²) >= 11 is 0. The molecule has 4 rings (SSSR count). The summed E-state index contributed by atoms with van der Waals surface area (Å²) in [6, 6.07) is 21.6. The van der Waals surface area contributed by atoms with Crippen molar-refractivity contribution in [2.75, 3.05) is 6.54 Å². The topological polar surface area (TPSA) is 69.6 Å². The lowest BCUT2D eigenvalue weighted by atomic mass is 9.78. The Kier molecular flexibility index (Phi) is 6.70. The first-order chi connectivity index (χ1) is 16.3. The zero-order valence-corrected chi connectivity index (χ0v) is 18.1. The van der Waals surface area contributed by atoms with E-state index in [9.17, 15) is 27.9 Å². The van der Waals surface area contributed by atoms with Crippen molar-refractivity contribution in [3.8, 4) is 0 Å². The minimum atomic E-state index is -4.57. The van der Waals surface area contributed by atoms with E-state index in [0.717, 1.165) is 5.56 Å². The van der Waals surface area contributed by atoms with Gasteiger partial charge >= 0.3 is 6.18 Å². The molecule has 0 aliphatic carbocycles. The van der Waals surface area contributed by atoms with Gasteiger partial charge in [0.2, 0.25) is 5.91 Å². The van der Waals surface area contributed by atoms with E-state index in [4.69, 9.17) is 0 Å². The normalized spacial score (nSPS) is 17.9. The summed E-state index contributed by atoms with van der Waals surface area (Å²) in [5.41, 5.74) is 2.71. The van der Waals surface area contributed by atoms with E-state index in [1.165, 1.54) is 4.90 Å². The number of aliphatic hydroxyl groups excluding tert-OH is 1. The monoisotopic (exact) mass is 468 g/mol. The predicted octanol–water partition coefficient (Wildman–Crippen LogP) is 4.34. The molecule has 0 saturated carbocycles. The molecule has 2 atom stereocenters. The highest BCUT2D eigenvalue weighted by Gasteiger charge is 2.44. The van der Waals surface area contributed by atoms with Crippen molar-refractivity contribution in [1.29, 1.82) is 0 Å². The lowest BCUT2D eigenvalue weighted by Crippen LogP contribution is -2.48. The second kappa shape index (κ2) is 9.69. The molecule has 8 heteroatoms. The smallest absolute Gasteiger partial charge is 0.392 e. The Morgan fingerprint density at radius 2 is 1.56 bits per heavy atom. The van der Waals surface area contributed by atoms with Crippen molar-refractivity contribution in [2.45, 2.75) is 31.3 Å². The molecule has 0 aromatic heterocycles. The van der Waals surface area contributed by atoms with Gasteiger partial charge in [0.25, 0.3) is 5.91 Å². The number of hydrogen-bond donors (Lipinski definition) is 2. The second-order valence-corrected chi connectivity index (χ2v) is 8.16. The number of halogens is 3. The van der Waals surface area contributed by atoms with Crippen molar-refractivity contribution >= 4 is 11.8 Å². The first-order valence-corrected chi connectivity index (χ1v) is 10.8. The summed E-state index contributed by atoms with van der Waals surface area (Å²) in [5, 5.41) is 11.4. The molecule has 0 bridgehead atoms. The summed E-state index contributed by atoms with van der Waals surface area (Å²) < 4.78 is 38.7. The first kappa shape index (κ1) is 23.5. The Bertz CT molecular complexity index is 1160. The molecule has 2 N–H and O–H groups in total. The number of alkyl halides is 3. The lowest BCUT2D eigenvalue weighted by Gasteiger charge is -2.42. The molecule has 2 amide bonds. The quantitative estimate of drug-likeness (QED) is 0.566. The fourth-order valence-corrected chi connectivity index (χ4v) is 4.32. The van der Waals surface area contributed by atoms with Gasteiger partial charge in [0.1, 0.15) is 6.54 Å². The molecule has 3 aromatic carbocycles.